The van der Waals surface area contributed by atoms with Crippen molar-refractivity contribution in [3.63, 3.8) is 0 Å². The fourth-order valence-electron chi connectivity index (χ4n) is 3.33. The zero-order valence-electron chi connectivity index (χ0n) is 10.6. The van der Waals surface area contributed by atoms with E-state index in [0.29, 0.717) is 6.42 Å². The van der Waals surface area contributed by atoms with E-state index >= 15 is 0 Å². The second-order valence-corrected chi connectivity index (χ2v) is 5.50. The van der Waals surface area contributed by atoms with Gasteiger partial charge in [0.15, 0.2) is 0 Å². The van der Waals surface area contributed by atoms with Crippen LogP contribution in [-0.2, 0) is 19.1 Å². The van der Waals surface area contributed by atoms with Crippen LogP contribution < -0.4 is 0 Å². The van der Waals surface area contributed by atoms with Crippen LogP contribution in [0.4, 0.5) is 0 Å². The van der Waals surface area contributed by atoms with E-state index in [4.69, 9.17) is 14.6 Å². The van der Waals surface area contributed by atoms with E-state index in [0.717, 1.165) is 19.1 Å². The van der Waals surface area contributed by atoms with E-state index in [1.807, 2.05) is 12.2 Å². The summed E-state index contributed by atoms with van der Waals surface area (Å²) in [6.07, 6.45) is 7.92. The highest BCUT2D eigenvalue weighted by Gasteiger charge is 2.68. The average molecular weight is 266 g/mol. The SMILES string of the molecule is O=C[C@@H]1[C@H](CC=CCCCC(=O)O)[C@H]2O[C@@H]1[C@H]1O[C@H]12. The Bertz CT molecular complexity index is 405. The highest BCUT2D eigenvalue weighted by molar-refractivity contribution is 5.66. The van der Waals surface area contributed by atoms with Gasteiger partial charge in [-0.25, -0.2) is 0 Å². The van der Waals surface area contributed by atoms with Crippen molar-refractivity contribution in [3.05, 3.63) is 12.2 Å². The van der Waals surface area contributed by atoms with Crippen LogP contribution in [-0.4, -0.2) is 41.8 Å². The Kier molecular flexibility index (Phi) is 3.41. The van der Waals surface area contributed by atoms with Crippen molar-refractivity contribution in [2.24, 2.45) is 11.8 Å². The maximum Gasteiger partial charge on any atom is 0.303 e. The first-order valence-corrected chi connectivity index (χ1v) is 6.85. The van der Waals surface area contributed by atoms with Crippen LogP contribution in [0, 0.1) is 11.8 Å². The summed E-state index contributed by atoms with van der Waals surface area (Å²) in [6, 6.07) is 0. The lowest BCUT2D eigenvalue weighted by atomic mass is 9.78. The zero-order chi connectivity index (χ0) is 13.4. The lowest BCUT2D eigenvalue weighted by Gasteiger charge is -2.19. The minimum atomic E-state index is -0.757. The third kappa shape index (κ3) is 2.32. The third-order valence-electron chi connectivity index (χ3n) is 4.31. The first-order valence-electron chi connectivity index (χ1n) is 6.85. The minimum absolute atomic E-state index is 0.0297. The Morgan fingerprint density at radius 3 is 2.58 bits per heavy atom. The maximum absolute atomic E-state index is 11.2. The molecular weight excluding hydrogens is 248 g/mol. The molecule has 3 aliphatic rings. The fraction of sp³-hybridized carbons (Fsp3) is 0.714. The van der Waals surface area contributed by atoms with Gasteiger partial charge in [0.2, 0.25) is 0 Å². The summed E-state index contributed by atoms with van der Waals surface area (Å²) in [5, 5.41) is 8.52. The summed E-state index contributed by atoms with van der Waals surface area (Å²) < 4.78 is 11.3. The Balaban J connectivity index is 1.46. The molecule has 3 aliphatic heterocycles. The van der Waals surface area contributed by atoms with Gasteiger partial charge in [0.25, 0.3) is 0 Å². The number of unbranched alkanes of at least 4 members (excludes halogenated alkanes) is 1. The molecule has 0 unspecified atom stereocenters. The summed E-state index contributed by atoms with van der Waals surface area (Å²) in [6.45, 7) is 0. The molecule has 104 valence electrons. The maximum atomic E-state index is 11.2. The van der Waals surface area contributed by atoms with Crippen molar-refractivity contribution >= 4 is 12.3 Å². The Morgan fingerprint density at radius 1 is 1.11 bits per heavy atom. The van der Waals surface area contributed by atoms with Gasteiger partial charge in [-0.15, -0.1) is 0 Å². The molecule has 5 nitrogen and oxygen atoms in total. The van der Waals surface area contributed by atoms with Crippen molar-refractivity contribution in [2.45, 2.75) is 50.1 Å². The number of carboxylic acid groups (broad SMARTS) is 1. The van der Waals surface area contributed by atoms with E-state index < -0.39 is 5.97 Å². The smallest absolute Gasteiger partial charge is 0.303 e. The molecule has 3 rings (SSSR count). The number of hydrogen-bond donors (Lipinski definition) is 1. The van der Waals surface area contributed by atoms with E-state index in [1.54, 1.807) is 0 Å². The van der Waals surface area contributed by atoms with Crippen LogP contribution in [0.3, 0.4) is 0 Å². The van der Waals surface area contributed by atoms with Gasteiger partial charge < -0.3 is 19.4 Å². The van der Waals surface area contributed by atoms with Crippen LogP contribution in [0.25, 0.3) is 0 Å². The Morgan fingerprint density at radius 2 is 1.84 bits per heavy atom. The van der Waals surface area contributed by atoms with Crippen molar-refractivity contribution in [1.29, 1.82) is 0 Å². The van der Waals surface area contributed by atoms with Crippen LogP contribution in [0.1, 0.15) is 25.7 Å². The molecule has 0 radical (unpaired) electrons. The predicted molar refractivity (Wildman–Crippen MR) is 65.6 cm³/mol. The van der Waals surface area contributed by atoms with Gasteiger partial charge in [0.1, 0.15) is 18.5 Å². The molecule has 1 N–H and O–H groups in total. The number of aliphatic carboxylic acids is 1. The summed E-state index contributed by atoms with van der Waals surface area (Å²) in [5.74, 6) is -0.577. The number of carboxylic acids is 1. The fourth-order valence-corrected chi connectivity index (χ4v) is 3.33. The van der Waals surface area contributed by atoms with Gasteiger partial charge in [-0.3, -0.25) is 4.79 Å². The van der Waals surface area contributed by atoms with Gasteiger partial charge in [-0.2, -0.15) is 0 Å². The topological polar surface area (TPSA) is 76.1 Å². The summed E-state index contributed by atoms with van der Waals surface area (Å²) in [4.78, 5) is 21.5. The van der Waals surface area contributed by atoms with Gasteiger partial charge >= 0.3 is 5.97 Å². The highest BCUT2D eigenvalue weighted by atomic mass is 16.7. The third-order valence-corrected chi connectivity index (χ3v) is 4.31. The first-order chi connectivity index (χ1) is 9.22. The van der Waals surface area contributed by atoms with Crippen molar-refractivity contribution in [1.82, 2.24) is 0 Å². The van der Waals surface area contributed by atoms with Gasteiger partial charge in [-0.05, 0) is 19.3 Å². The Hall–Kier alpha value is -1.20. The Labute approximate surface area is 111 Å². The second kappa shape index (κ2) is 5.06. The number of fused-ring (bicyclic) bond motifs is 5. The predicted octanol–water partition coefficient (Wildman–Crippen LogP) is 1.17. The highest BCUT2D eigenvalue weighted by Crippen LogP contribution is 2.54. The minimum Gasteiger partial charge on any atom is -0.481 e. The van der Waals surface area contributed by atoms with Gasteiger partial charge in [-0.1, -0.05) is 12.2 Å². The molecule has 2 bridgehead atoms. The number of carbonyl (C=O) groups excluding carboxylic acids is 1. The largest absolute Gasteiger partial charge is 0.481 e. The molecule has 0 aromatic rings. The number of epoxide rings is 1. The van der Waals surface area contributed by atoms with Crippen LogP contribution in [0.15, 0.2) is 12.2 Å². The van der Waals surface area contributed by atoms with E-state index in [-0.39, 0.29) is 42.7 Å². The molecule has 3 fully saturated rings. The lowest BCUT2D eigenvalue weighted by molar-refractivity contribution is -0.137. The quantitative estimate of drug-likeness (QED) is 0.324. The van der Waals surface area contributed by atoms with Crippen molar-refractivity contribution in [2.75, 3.05) is 0 Å². The molecule has 3 saturated heterocycles. The molecule has 0 saturated carbocycles. The number of aldehydes is 1. The van der Waals surface area contributed by atoms with Crippen molar-refractivity contribution < 1.29 is 24.2 Å². The molecule has 0 aromatic carbocycles. The van der Waals surface area contributed by atoms with Crippen LogP contribution >= 0.6 is 0 Å². The zero-order valence-corrected chi connectivity index (χ0v) is 10.6. The molecule has 0 amide bonds. The monoisotopic (exact) mass is 266 g/mol. The van der Waals surface area contributed by atoms with Crippen LogP contribution in [0.2, 0.25) is 0 Å². The summed E-state index contributed by atoms with van der Waals surface area (Å²) in [5.41, 5.74) is 0. The lowest BCUT2D eigenvalue weighted by Crippen LogP contribution is -2.33. The molecule has 3 heterocycles. The summed E-state index contributed by atoms with van der Waals surface area (Å²) in [7, 11) is 0. The number of ether oxygens (including phenoxy) is 2. The number of allylic oxidation sites excluding steroid dienone is 2. The molecule has 0 aromatic heterocycles. The molecule has 6 atom stereocenters. The number of rotatable bonds is 7. The first kappa shape index (κ1) is 12.8. The summed E-state index contributed by atoms with van der Waals surface area (Å²) >= 11 is 0. The van der Waals surface area contributed by atoms with E-state index in [1.165, 1.54) is 0 Å². The molecule has 0 spiro atoms. The number of carbonyl (C=O) groups is 2. The van der Waals surface area contributed by atoms with Gasteiger partial charge in [0, 0.05) is 18.3 Å². The van der Waals surface area contributed by atoms with Crippen molar-refractivity contribution in [3.8, 4) is 0 Å². The normalized spacial score (nSPS) is 42.5. The van der Waals surface area contributed by atoms with E-state index in [2.05, 4.69) is 0 Å². The van der Waals surface area contributed by atoms with E-state index in [9.17, 15) is 9.59 Å². The van der Waals surface area contributed by atoms with Gasteiger partial charge in [0.05, 0.1) is 12.2 Å². The van der Waals surface area contributed by atoms with Crippen LogP contribution in [0.5, 0.6) is 0 Å². The molecule has 5 heteroatoms. The molecular formula is C14H18O5. The molecule has 19 heavy (non-hydrogen) atoms. The molecule has 0 aliphatic carbocycles. The second-order valence-electron chi connectivity index (χ2n) is 5.50. The average Bonchev–Trinajstić information content (AvgIpc) is 3.01. The standard InChI is InChI=1S/C14H18O5/c15-7-9-8(5-3-1-2-4-6-10(16)17)11-13-14(19-13)12(9)18-11/h1,3,7-9,11-14H,2,4-6H2,(H,16,17)/t8-,9+,11+,12-,13-,14+/m0/s1. The number of hydrogen-bond acceptors (Lipinski definition) is 4.